The van der Waals surface area contributed by atoms with Gasteiger partial charge in [-0.05, 0) is 77.9 Å². The second kappa shape index (κ2) is 8.26. The summed E-state index contributed by atoms with van der Waals surface area (Å²) in [5.74, 6) is 0.259. The van der Waals surface area contributed by atoms with Crippen LogP contribution in [0.2, 0.25) is 0 Å². The van der Waals surface area contributed by atoms with E-state index < -0.39 is 10.0 Å². The summed E-state index contributed by atoms with van der Waals surface area (Å²) >= 11 is 0. The van der Waals surface area contributed by atoms with Gasteiger partial charge in [-0.15, -0.1) is 0 Å². The van der Waals surface area contributed by atoms with Crippen LogP contribution in [0, 0.1) is 0 Å². The van der Waals surface area contributed by atoms with Crippen molar-refractivity contribution in [1.29, 1.82) is 0 Å². The quantitative estimate of drug-likeness (QED) is 0.426. The largest absolute Gasteiger partial charge is 0.497 e. The molecule has 0 saturated carbocycles. The van der Waals surface area contributed by atoms with E-state index >= 15 is 0 Å². The van der Waals surface area contributed by atoms with Crippen molar-refractivity contribution in [3.05, 3.63) is 95.6 Å². The van der Waals surface area contributed by atoms with Gasteiger partial charge in [0.2, 0.25) is 0 Å². The number of hydrogen-bond acceptors (Lipinski definition) is 4. The van der Waals surface area contributed by atoms with Gasteiger partial charge in [-0.2, -0.15) is 0 Å². The van der Waals surface area contributed by atoms with Crippen LogP contribution in [-0.4, -0.2) is 21.4 Å². The monoisotopic (exact) mass is 458 g/mol. The summed E-state index contributed by atoms with van der Waals surface area (Å²) in [7, 11) is -2.29. The fourth-order valence-corrected chi connectivity index (χ4v) is 5.29. The highest BCUT2D eigenvalue weighted by atomic mass is 32.2. The van der Waals surface area contributed by atoms with Crippen LogP contribution in [-0.2, 0) is 22.9 Å². The van der Waals surface area contributed by atoms with E-state index in [1.165, 1.54) is 41.8 Å². The van der Waals surface area contributed by atoms with Crippen molar-refractivity contribution >= 4 is 38.1 Å². The Morgan fingerprint density at radius 1 is 0.879 bits per heavy atom. The van der Waals surface area contributed by atoms with E-state index in [-0.39, 0.29) is 10.8 Å². The van der Waals surface area contributed by atoms with Crippen molar-refractivity contribution in [1.82, 2.24) is 0 Å². The van der Waals surface area contributed by atoms with E-state index in [1.54, 1.807) is 30.3 Å². The lowest BCUT2D eigenvalue weighted by Gasteiger charge is -2.12. The Morgan fingerprint density at radius 2 is 1.61 bits per heavy atom. The topological polar surface area (TPSA) is 84.5 Å². The number of amides is 1. The van der Waals surface area contributed by atoms with Crippen LogP contribution in [0.5, 0.6) is 5.75 Å². The highest BCUT2D eigenvalue weighted by molar-refractivity contribution is 7.92. The Morgan fingerprint density at radius 3 is 2.36 bits per heavy atom. The number of sulfonamides is 1. The SMILES string of the molecule is COc1ccc(S(=O)(=O)Nc2cccc(C(=O)Nc3ccc4c5c(cccc35)CC4)c2)cc1. The highest BCUT2D eigenvalue weighted by Gasteiger charge is 2.18. The van der Waals surface area contributed by atoms with Gasteiger partial charge < -0.3 is 10.1 Å². The fourth-order valence-electron chi connectivity index (χ4n) is 4.24. The number of carbonyl (C=O) groups excluding carboxylic acids is 1. The van der Waals surface area contributed by atoms with Gasteiger partial charge in [0.05, 0.1) is 12.0 Å². The van der Waals surface area contributed by atoms with Crippen molar-refractivity contribution in [2.45, 2.75) is 17.7 Å². The van der Waals surface area contributed by atoms with E-state index in [9.17, 15) is 13.2 Å². The average Bonchev–Trinajstić information content (AvgIpc) is 3.25. The van der Waals surface area contributed by atoms with E-state index in [0.717, 1.165) is 23.9 Å². The predicted molar refractivity (Wildman–Crippen MR) is 130 cm³/mol. The minimum absolute atomic E-state index is 0.103. The fraction of sp³-hybridized carbons (Fsp3) is 0.115. The van der Waals surface area contributed by atoms with E-state index in [4.69, 9.17) is 4.74 Å². The second-order valence-corrected chi connectivity index (χ2v) is 9.61. The molecule has 0 atom stereocenters. The molecule has 0 bridgehead atoms. The number of methoxy groups -OCH3 is 1. The van der Waals surface area contributed by atoms with Crippen molar-refractivity contribution in [2.75, 3.05) is 17.1 Å². The van der Waals surface area contributed by atoms with E-state index in [1.807, 2.05) is 18.2 Å². The number of nitrogens with one attached hydrogen (secondary N) is 2. The van der Waals surface area contributed by atoms with Crippen LogP contribution in [0.15, 0.2) is 83.8 Å². The number of carbonyl (C=O) groups is 1. The summed E-state index contributed by atoms with van der Waals surface area (Å²) in [6.07, 6.45) is 2.03. The molecule has 33 heavy (non-hydrogen) atoms. The first kappa shape index (κ1) is 21.0. The smallest absolute Gasteiger partial charge is 0.261 e. The summed E-state index contributed by atoms with van der Waals surface area (Å²) < 4.78 is 33.1. The molecule has 7 heteroatoms. The third-order valence-corrected chi connectivity index (χ3v) is 7.27. The van der Waals surface area contributed by atoms with Crippen molar-refractivity contribution < 1.29 is 17.9 Å². The van der Waals surface area contributed by atoms with Crippen LogP contribution in [0.4, 0.5) is 11.4 Å². The number of anilines is 2. The minimum Gasteiger partial charge on any atom is -0.497 e. The normalized spacial score (nSPS) is 12.5. The molecule has 1 aliphatic rings. The molecule has 0 radical (unpaired) electrons. The summed E-state index contributed by atoms with van der Waals surface area (Å²) in [5, 5.41) is 5.23. The average molecular weight is 459 g/mol. The first-order valence-electron chi connectivity index (χ1n) is 10.6. The van der Waals surface area contributed by atoms with Crippen molar-refractivity contribution in [2.24, 2.45) is 0 Å². The Hall–Kier alpha value is -3.84. The Labute approximate surface area is 192 Å². The summed E-state index contributed by atoms with van der Waals surface area (Å²) in [5.41, 5.74) is 4.00. The van der Waals surface area contributed by atoms with E-state index in [0.29, 0.717) is 17.0 Å². The van der Waals surface area contributed by atoms with Crippen molar-refractivity contribution in [3.8, 4) is 5.75 Å². The van der Waals surface area contributed by atoms with Crippen LogP contribution in [0.25, 0.3) is 10.8 Å². The molecule has 4 aromatic carbocycles. The molecule has 5 rings (SSSR count). The third kappa shape index (κ3) is 4.03. The second-order valence-electron chi connectivity index (χ2n) is 7.93. The van der Waals surface area contributed by atoms with Gasteiger partial charge in [0.15, 0.2) is 0 Å². The zero-order valence-electron chi connectivity index (χ0n) is 18.0. The molecule has 0 aromatic heterocycles. The lowest BCUT2D eigenvalue weighted by molar-refractivity contribution is 0.102. The molecule has 1 amide bonds. The van der Waals surface area contributed by atoms with Crippen LogP contribution in [0.1, 0.15) is 21.5 Å². The molecule has 0 spiro atoms. The lowest BCUT2D eigenvalue weighted by atomic mass is 10.0. The first-order valence-corrected chi connectivity index (χ1v) is 12.0. The third-order valence-electron chi connectivity index (χ3n) is 5.87. The molecular formula is C26H22N2O4S. The molecule has 0 fully saturated rings. The molecule has 0 unspecified atom stereocenters. The number of rotatable bonds is 6. The lowest BCUT2D eigenvalue weighted by Crippen LogP contribution is -2.15. The number of ether oxygens (including phenoxy) is 1. The maximum Gasteiger partial charge on any atom is 0.261 e. The maximum absolute atomic E-state index is 13.0. The summed E-state index contributed by atoms with van der Waals surface area (Å²) in [4.78, 5) is 13.1. The van der Waals surface area contributed by atoms with Gasteiger partial charge >= 0.3 is 0 Å². The molecule has 4 aromatic rings. The molecule has 166 valence electrons. The Bertz CT molecular complexity index is 1470. The Balaban J connectivity index is 1.38. The zero-order valence-corrected chi connectivity index (χ0v) is 18.8. The molecule has 6 nitrogen and oxygen atoms in total. The van der Waals surface area contributed by atoms with Gasteiger partial charge in [-0.1, -0.05) is 30.3 Å². The molecule has 0 heterocycles. The first-order chi connectivity index (χ1) is 15.9. The maximum atomic E-state index is 13.0. The number of aryl methyl sites for hydroxylation is 2. The van der Waals surface area contributed by atoms with E-state index in [2.05, 4.69) is 22.2 Å². The molecule has 0 aliphatic heterocycles. The standard InChI is InChI=1S/C26H22N2O4S/c1-32-21-11-13-22(14-12-21)33(30,31)28-20-6-2-5-19(16-20)26(29)27-24-15-10-18-9-8-17-4-3-7-23(24)25(17)18/h2-7,10-16,28H,8-9H2,1H3,(H,27,29). The van der Waals surface area contributed by atoms with Gasteiger partial charge in [-0.3, -0.25) is 9.52 Å². The van der Waals surface area contributed by atoms with Gasteiger partial charge in [0.1, 0.15) is 5.75 Å². The number of benzene rings is 4. The molecule has 0 saturated heterocycles. The summed E-state index contributed by atoms with van der Waals surface area (Å²) in [6.45, 7) is 0. The molecule has 1 aliphatic carbocycles. The van der Waals surface area contributed by atoms with Crippen LogP contribution in [0.3, 0.4) is 0 Å². The zero-order chi connectivity index (χ0) is 23.0. The molecule has 2 N–H and O–H groups in total. The molecular weight excluding hydrogens is 436 g/mol. The van der Waals surface area contributed by atoms with Gasteiger partial charge in [-0.25, -0.2) is 8.42 Å². The van der Waals surface area contributed by atoms with Gasteiger partial charge in [0, 0.05) is 22.3 Å². The Kier molecular flexibility index (Phi) is 5.26. The summed E-state index contributed by atoms with van der Waals surface area (Å²) in [6, 6.07) is 22.7. The predicted octanol–water partition coefficient (Wildman–Crippen LogP) is 5.00. The minimum atomic E-state index is -3.81. The van der Waals surface area contributed by atoms with Crippen LogP contribution >= 0.6 is 0 Å². The van der Waals surface area contributed by atoms with Gasteiger partial charge in [0.25, 0.3) is 15.9 Å². The highest BCUT2D eigenvalue weighted by Crippen LogP contribution is 2.35. The van der Waals surface area contributed by atoms with Crippen LogP contribution < -0.4 is 14.8 Å². The van der Waals surface area contributed by atoms with Crippen molar-refractivity contribution in [3.63, 3.8) is 0 Å². The number of hydrogen-bond donors (Lipinski definition) is 2.